The molecule has 0 saturated heterocycles. The number of nitrogens with one attached hydrogen (secondary N) is 2. The Kier molecular flexibility index (Phi) is 5.38. The number of ether oxygens (including phenoxy) is 2. The number of benzene rings is 1. The van der Waals surface area contributed by atoms with Crippen molar-refractivity contribution >= 4 is 23.8 Å². The molecule has 0 aliphatic carbocycles. The van der Waals surface area contributed by atoms with Crippen molar-refractivity contribution in [2.45, 2.75) is 6.92 Å². The zero-order valence-corrected chi connectivity index (χ0v) is 14.1. The van der Waals surface area contributed by atoms with Crippen LogP contribution in [-0.2, 0) is 4.74 Å². The number of aromatic nitrogens is 4. The minimum Gasteiger partial charge on any atom is -0.450 e. The fourth-order valence-corrected chi connectivity index (χ4v) is 2.12. The van der Waals surface area contributed by atoms with E-state index in [1.165, 1.54) is 0 Å². The van der Waals surface area contributed by atoms with Crippen LogP contribution in [0.4, 0.5) is 11.6 Å². The average molecular weight is 337 g/mol. The van der Waals surface area contributed by atoms with Crippen LogP contribution in [0.5, 0.6) is 5.88 Å². The maximum atomic E-state index is 5.46. The van der Waals surface area contributed by atoms with E-state index < -0.39 is 0 Å². The van der Waals surface area contributed by atoms with Crippen LogP contribution in [0.15, 0.2) is 42.5 Å². The standard InChI is InChI=1S/C18H19N5O2/c1-13-10-17(23-22-13)20-16-11-18(25-12-24-2)21-15(19-16)9-8-14-6-4-3-5-7-14/h3-11H,12H2,1-2H3,(H2,19,20,21,22,23). The third-order valence-electron chi connectivity index (χ3n) is 3.23. The van der Waals surface area contributed by atoms with Crippen LogP contribution in [0.3, 0.4) is 0 Å². The predicted octanol–water partition coefficient (Wildman–Crippen LogP) is 3.40. The minimum atomic E-state index is 0.111. The van der Waals surface area contributed by atoms with Crippen molar-refractivity contribution in [3.05, 3.63) is 59.5 Å². The lowest BCUT2D eigenvalue weighted by atomic mass is 10.2. The van der Waals surface area contributed by atoms with Crippen LogP contribution in [0.2, 0.25) is 0 Å². The van der Waals surface area contributed by atoms with Crippen molar-refractivity contribution in [1.29, 1.82) is 0 Å². The number of hydrogen-bond acceptors (Lipinski definition) is 6. The van der Waals surface area contributed by atoms with Crippen molar-refractivity contribution in [3.63, 3.8) is 0 Å². The topological polar surface area (TPSA) is 85.0 Å². The Balaban J connectivity index is 1.85. The van der Waals surface area contributed by atoms with Crippen molar-refractivity contribution < 1.29 is 9.47 Å². The molecule has 0 saturated carbocycles. The summed E-state index contributed by atoms with van der Waals surface area (Å²) in [5, 5.41) is 10.2. The lowest BCUT2D eigenvalue weighted by molar-refractivity contribution is 0.0477. The van der Waals surface area contributed by atoms with Gasteiger partial charge in [0.15, 0.2) is 18.4 Å². The van der Waals surface area contributed by atoms with Gasteiger partial charge in [0.25, 0.3) is 0 Å². The number of anilines is 2. The Morgan fingerprint density at radius 2 is 1.92 bits per heavy atom. The molecule has 0 spiro atoms. The van der Waals surface area contributed by atoms with Gasteiger partial charge in [0.05, 0.1) is 0 Å². The number of aryl methyl sites for hydroxylation is 1. The van der Waals surface area contributed by atoms with Crippen LogP contribution >= 0.6 is 0 Å². The predicted molar refractivity (Wildman–Crippen MR) is 96.5 cm³/mol. The second-order valence-corrected chi connectivity index (χ2v) is 5.31. The zero-order valence-electron chi connectivity index (χ0n) is 14.1. The Hall–Kier alpha value is -3.19. The van der Waals surface area contributed by atoms with E-state index in [1.54, 1.807) is 13.2 Å². The summed E-state index contributed by atoms with van der Waals surface area (Å²) < 4.78 is 10.4. The number of hydrogen-bond donors (Lipinski definition) is 2. The molecule has 7 nitrogen and oxygen atoms in total. The normalized spacial score (nSPS) is 11.0. The fourth-order valence-electron chi connectivity index (χ4n) is 2.12. The third kappa shape index (κ3) is 4.89. The van der Waals surface area contributed by atoms with Crippen LogP contribution in [-0.4, -0.2) is 34.1 Å². The van der Waals surface area contributed by atoms with E-state index in [4.69, 9.17) is 9.47 Å². The highest BCUT2D eigenvalue weighted by atomic mass is 16.7. The number of nitrogens with zero attached hydrogens (tertiary/aromatic N) is 3. The molecule has 0 aliphatic rings. The summed E-state index contributed by atoms with van der Waals surface area (Å²) in [7, 11) is 1.56. The molecule has 7 heteroatoms. The molecule has 0 bridgehead atoms. The van der Waals surface area contributed by atoms with Gasteiger partial charge in [0.1, 0.15) is 5.82 Å². The summed E-state index contributed by atoms with van der Waals surface area (Å²) in [5.41, 5.74) is 2.02. The van der Waals surface area contributed by atoms with E-state index in [0.717, 1.165) is 11.3 Å². The molecule has 2 heterocycles. The van der Waals surface area contributed by atoms with Gasteiger partial charge in [-0.25, -0.2) is 4.98 Å². The van der Waals surface area contributed by atoms with Gasteiger partial charge in [-0.1, -0.05) is 36.4 Å². The van der Waals surface area contributed by atoms with Gasteiger partial charge in [-0.3, -0.25) is 5.10 Å². The molecular weight excluding hydrogens is 318 g/mol. The Morgan fingerprint density at radius 1 is 1.08 bits per heavy atom. The maximum absolute atomic E-state index is 5.46. The van der Waals surface area contributed by atoms with Gasteiger partial charge in [0, 0.05) is 24.9 Å². The maximum Gasteiger partial charge on any atom is 0.221 e. The molecule has 0 unspecified atom stereocenters. The summed E-state index contributed by atoms with van der Waals surface area (Å²) >= 11 is 0. The Bertz CT molecular complexity index is 846. The van der Waals surface area contributed by atoms with Crippen LogP contribution < -0.4 is 10.1 Å². The molecule has 0 fully saturated rings. The first kappa shape index (κ1) is 16.7. The molecule has 128 valence electrons. The number of H-pyrrole nitrogens is 1. The monoisotopic (exact) mass is 337 g/mol. The van der Waals surface area contributed by atoms with E-state index in [-0.39, 0.29) is 6.79 Å². The van der Waals surface area contributed by atoms with E-state index in [2.05, 4.69) is 25.5 Å². The van der Waals surface area contributed by atoms with Gasteiger partial charge in [-0.15, -0.1) is 0 Å². The van der Waals surface area contributed by atoms with Crippen molar-refractivity contribution in [2.24, 2.45) is 0 Å². The average Bonchev–Trinajstić information content (AvgIpc) is 3.04. The molecule has 25 heavy (non-hydrogen) atoms. The van der Waals surface area contributed by atoms with Gasteiger partial charge in [-0.2, -0.15) is 10.1 Å². The van der Waals surface area contributed by atoms with Crippen molar-refractivity contribution in [1.82, 2.24) is 20.2 Å². The first-order valence-corrected chi connectivity index (χ1v) is 7.76. The smallest absolute Gasteiger partial charge is 0.221 e. The van der Waals surface area contributed by atoms with Crippen molar-refractivity contribution in [2.75, 3.05) is 19.2 Å². The first-order valence-electron chi connectivity index (χ1n) is 7.76. The highest BCUT2D eigenvalue weighted by Crippen LogP contribution is 2.19. The van der Waals surface area contributed by atoms with Crippen LogP contribution in [0, 0.1) is 6.92 Å². The van der Waals surface area contributed by atoms with Gasteiger partial charge in [0.2, 0.25) is 5.88 Å². The first-order chi connectivity index (χ1) is 12.2. The van der Waals surface area contributed by atoms with E-state index >= 15 is 0 Å². The highest BCUT2D eigenvalue weighted by Gasteiger charge is 2.06. The summed E-state index contributed by atoms with van der Waals surface area (Å²) in [6.07, 6.45) is 3.77. The van der Waals surface area contributed by atoms with E-state index in [9.17, 15) is 0 Å². The molecule has 0 amide bonds. The summed E-state index contributed by atoms with van der Waals surface area (Å²) in [6.45, 7) is 2.04. The second kappa shape index (κ2) is 8.07. The van der Waals surface area contributed by atoms with E-state index in [1.807, 2.05) is 55.5 Å². The zero-order chi connectivity index (χ0) is 17.5. The lowest BCUT2D eigenvalue weighted by Crippen LogP contribution is -2.04. The van der Waals surface area contributed by atoms with Crippen molar-refractivity contribution in [3.8, 4) is 5.88 Å². The number of aromatic amines is 1. The summed E-state index contributed by atoms with van der Waals surface area (Å²) in [4.78, 5) is 8.84. The van der Waals surface area contributed by atoms with Crippen LogP contribution in [0.25, 0.3) is 12.2 Å². The van der Waals surface area contributed by atoms with Gasteiger partial charge >= 0.3 is 0 Å². The summed E-state index contributed by atoms with van der Waals surface area (Å²) in [6, 6.07) is 13.5. The van der Waals surface area contributed by atoms with Gasteiger partial charge in [-0.05, 0) is 18.6 Å². The Labute approximate surface area is 145 Å². The minimum absolute atomic E-state index is 0.111. The molecule has 2 N–H and O–H groups in total. The number of rotatable bonds is 7. The molecule has 2 aromatic heterocycles. The third-order valence-corrected chi connectivity index (χ3v) is 3.23. The Morgan fingerprint density at radius 3 is 2.64 bits per heavy atom. The van der Waals surface area contributed by atoms with E-state index in [0.29, 0.717) is 23.3 Å². The van der Waals surface area contributed by atoms with Crippen LogP contribution in [0.1, 0.15) is 17.1 Å². The second-order valence-electron chi connectivity index (χ2n) is 5.31. The lowest BCUT2D eigenvalue weighted by Gasteiger charge is -2.08. The summed E-state index contributed by atoms with van der Waals surface area (Å²) in [5.74, 6) is 2.19. The quantitative estimate of drug-likeness (QED) is 0.643. The van der Waals surface area contributed by atoms with Gasteiger partial charge < -0.3 is 14.8 Å². The molecule has 3 rings (SSSR count). The SMILES string of the molecule is COCOc1cc(Nc2cc(C)[nH]n2)nc(C=Cc2ccccc2)n1. The molecule has 0 aliphatic heterocycles. The largest absolute Gasteiger partial charge is 0.450 e. The fraction of sp³-hybridized carbons (Fsp3) is 0.167. The number of methoxy groups -OCH3 is 1. The molecule has 0 atom stereocenters. The highest BCUT2D eigenvalue weighted by molar-refractivity contribution is 5.67. The molecule has 1 aromatic carbocycles. The molecule has 0 radical (unpaired) electrons. The molecular formula is C18H19N5O2. The molecule has 3 aromatic rings.